The number of hydrogen-bond donors (Lipinski definition) is 6. The standard InChI is InChI=1S/C34H43N7O8/c1-22-18-41(33(47)39-31(22)45)19-29(42)40(20-30(43)44)17-16-37-32(46)28(12-6-7-13-35)36-14-15-38-34(48)49-21-27-25-10-4-2-8-23(25)24-9-3-5-11-26(24)27/h2-5,8-11,18,27-28,36H,6-7,12-17,19-21,35H2,1H3,(H,37,46)(H,38,48)(H,43,44)(H,39,45,47)/t28-/m1/s1. The van der Waals surface area contributed by atoms with E-state index >= 15 is 0 Å². The van der Waals surface area contributed by atoms with E-state index in [-0.39, 0.29) is 50.2 Å². The van der Waals surface area contributed by atoms with Gasteiger partial charge < -0.3 is 36.4 Å². The van der Waals surface area contributed by atoms with E-state index in [1.807, 2.05) is 36.4 Å². The number of nitrogens with one attached hydrogen (secondary N) is 4. The molecule has 4 rings (SSSR count). The van der Waals surface area contributed by atoms with Crippen LogP contribution in [-0.4, -0.2) is 95.4 Å². The van der Waals surface area contributed by atoms with Gasteiger partial charge in [-0.1, -0.05) is 55.0 Å². The molecule has 0 unspecified atom stereocenters. The fraction of sp³-hybridized carbons (Fsp3) is 0.412. The molecule has 0 radical (unpaired) electrons. The number of amides is 3. The molecule has 1 atom stereocenters. The van der Waals surface area contributed by atoms with Gasteiger partial charge in [-0.05, 0) is 48.6 Å². The van der Waals surface area contributed by atoms with Crippen molar-refractivity contribution in [1.29, 1.82) is 0 Å². The van der Waals surface area contributed by atoms with Crippen molar-refractivity contribution in [2.45, 2.75) is 44.7 Å². The molecule has 0 fully saturated rings. The second-order valence-corrected chi connectivity index (χ2v) is 11.7. The third-order valence-electron chi connectivity index (χ3n) is 8.25. The molecular weight excluding hydrogens is 634 g/mol. The topological polar surface area (TPSA) is 218 Å². The van der Waals surface area contributed by atoms with Crippen LogP contribution in [0.3, 0.4) is 0 Å². The molecule has 7 N–H and O–H groups in total. The Morgan fingerprint density at radius 2 is 1.65 bits per heavy atom. The third kappa shape index (κ3) is 10.1. The van der Waals surface area contributed by atoms with Gasteiger partial charge in [-0.25, -0.2) is 9.59 Å². The highest BCUT2D eigenvalue weighted by atomic mass is 16.5. The second kappa shape index (κ2) is 17.8. The van der Waals surface area contributed by atoms with Gasteiger partial charge in [-0.15, -0.1) is 0 Å². The molecule has 15 nitrogen and oxygen atoms in total. The highest BCUT2D eigenvalue weighted by molar-refractivity contribution is 5.83. The molecule has 0 saturated carbocycles. The molecule has 1 heterocycles. The Morgan fingerprint density at radius 1 is 0.980 bits per heavy atom. The monoisotopic (exact) mass is 677 g/mol. The Balaban J connectivity index is 1.24. The molecule has 15 heteroatoms. The van der Waals surface area contributed by atoms with Gasteiger partial charge in [-0.2, -0.15) is 0 Å². The normalized spacial score (nSPS) is 12.4. The minimum atomic E-state index is -1.27. The number of fused-ring (bicyclic) bond motifs is 3. The number of carboxylic acids is 1. The molecule has 2 aromatic carbocycles. The predicted molar refractivity (Wildman–Crippen MR) is 181 cm³/mol. The SMILES string of the molecule is Cc1cn(CC(=O)N(CCNC(=O)[C@@H](CCCCN)NCCNC(=O)OCC2c3ccccc3-c3ccccc32)CC(=O)O)c(=O)[nH]c1=O. The first-order valence-corrected chi connectivity index (χ1v) is 16.2. The van der Waals surface area contributed by atoms with Crippen LogP contribution in [0.25, 0.3) is 11.1 Å². The molecule has 49 heavy (non-hydrogen) atoms. The van der Waals surface area contributed by atoms with E-state index in [9.17, 15) is 33.9 Å². The van der Waals surface area contributed by atoms with E-state index in [0.717, 1.165) is 31.7 Å². The molecule has 262 valence electrons. The lowest BCUT2D eigenvalue weighted by molar-refractivity contribution is -0.144. The van der Waals surface area contributed by atoms with Crippen LogP contribution in [0.1, 0.15) is 41.9 Å². The van der Waals surface area contributed by atoms with E-state index in [0.29, 0.717) is 25.8 Å². The molecule has 1 aliphatic carbocycles. The first-order chi connectivity index (χ1) is 23.6. The van der Waals surface area contributed by atoms with E-state index in [1.54, 1.807) is 0 Å². The molecule has 3 aromatic rings. The van der Waals surface area contributed by atoms with Crippen molar-refractivity contribution in [2.75, 3.05) is 45.9 Å². The first-order valence-electron chi connectivity index (χ1n) is 16.2. The number of rotatable bonds is 18. The molecule has 0 saturated heterocycles. The summed E-state index contributed by atoms with van der Waals surface area (Å²) in [5.41, 5.74) is 8.95. The van der Waals surface area contributed by atoms with Crippen molar-refractivity contribution in [3.63, 3.8) is 0 Å². The van der Waals surface area contributed by atoms with Crippen molar-refractivity contribution < 1.29 is 29.0 Å². The third-order valence-corrected chi connectivity index (χ3v) is 8.25. The summed E-state index contributed by atoms with van der Waals surface area (Å²) in [6, 6.07) is 15.5. The van der Waals surface area contributed by atoms with E-state index in [1.165, 1.54) is 13.1 Å². The number of aryl methyl sites for hydroxylation is 1. The van der Waals surface area contributed by atoms with Crippen LogP contribution in [0.15, 0.2) is 64.3 Å². The highest BCUT2D eigenvalue weighted by Crippen LogP contribution is 2.44. The van der Waals surface area contributed by atoms with Gasteiger partial charge >= 0.3 is 17.8 Å². The second-order valence-electron chi connectivity index (χ2n) is 11.7. The van der Waals surface area contributed by atoms with E-state index < -0.39 is 48.4 Å². The van der Waals surface area contributed by atoms with Crippen LogP contribution in [-0.2, 0) is 25.7 Å². The lowest BCUT2D eigenvalue weighted by atomic mass is 9.98. The number of aromatic amines is 1. The Kier molecular flexibility index (Phi) is 13.2. The van der Waals surface area contributed by atoms with Gasteiger partial charge in [0.1, 0.15) is 19.7 Å². The summed E-state index contributed by atoms with van der Waals surface area (Å²) >= 11 is 0. The van der Waals surface area contributed by atoms with Crippen LogP contribution < -0.4 is 32.9 Å². The van der Waals surface area contributed by atoms with Gasteiger partial charge in [0, 0.05) is 43.9 Å². The number of nitrogens with two attached hydrogens (primary N) is 1. The maximum atomic E-state index is 13.1. The van der Waals surface area contributed by atoms with Gasteiger partial charge in [0.25, 0.3) is 5.56 Å². The number of nitrogens with zero attached hydrogens (tertiary/aromatic N) is 2. The van der Waals surface area contributed by atoms with Crippen molar-refractivity contribution in [3.05, 3.63) is 92.3 Å². The minimum Gasteiger partial charge on any atom is -0.480 e. The Labute approximate surface area is 282 Å². The summed E-state index contributed by atoms with van der Waals surface area (Å²) in [7, 11) is 0. The molecule has 3 amide bonds. The molecule has 1 aliphatic rings. The van der Waals surface area contributed by atoms with Gasteiger partial charge in [0.15, 0.2) is 0 Å². The van der Waals surface area contributed by atoms with E-state index in [4.69, 9.17) is 10.5 Å². The van der Waals surface area contributed by atoms with Crippen molar-refractivity contribution in [3.8, 4) is 11.1 Å². The fourth-order valence-corrected chi connectivity index (χ4v) is 5.75. The number of carboxylic acid groups (broad SMARTS) is 1. The zero-order valence-corrected chi connectivity index (χ0v) is 27.4. The summed E-state index contributed by atoms with van der Waals surface area (Å²) in [4.78, 5) is 76.8. The lowest BCUT2D eigenvalue weighted by Crippen LogP contribution is -2.49. The van der Waals surface area contributed by atoms with Gasteiger partial charge in [-0.3, -0.25) is 28.7 Å². The number of aliphatic carboxylic acids is 1. The van der Waals surface area contributed by atoms with Crippen LogP contribution in [0, 0.1) is 6.92 Å². The van der Waals surface area contributed by atoms with Crippen LogP contribution in [0.5, 0.6) is 0 Å². The van der Waals surface area contributed by atoms with Crippen LogP contribution in [0.4, 0.5) is 4.79 Å². The highest BCUT2D eigenvalue weighted by Gasteiger charge is 2.29. The Hall–Kier alpha value is -5.28. The zero-order chi connectivity index (χ0) is 35.3. The minimum absolute atomic E-state index is 0.0511. The maximum Gasteiger partial charge on any atom is 0.407 e. The van der Waals surface area contributed by atoms with Crippen molar-refractivity contribution in [2.24, 2.45) is 5.73 Å². The average Bonchev–Trinajstić information content (AvgIpc) is 3.40. The zero-order valence-electron chi connectivity index (χ0n) is 27.4. The smallest absolute Gasteiger partial charge is 0.407 e. The largest absolute Gasteiger partial charge is 0.480 e. The summed E-state index contributed by atoms with van der Waals surface area (Å²) in [5, 5.41) is 17.9. The fourth-order valence-electron chi connectivity index (χ4n) is 5.75. The quantitative estimate of drug-likeness (QED) is 0.102. The summed E-state index contributed by atoms with van der Waals surface area (Å²) in [6.45, 7) is 1.26. The summed E-state index contributed by atoms with van der Waals surface area (Å²) in [5.74, 6) is -2.38. The molecule has 1 aromatic heterocycles. The molecular formula is C34H43N7O8. The Bertz CT molecular complexity index is 1710. The number of H-pyrrole nitrogens is 1. The maximum absolute atomic E-state index is 13.1. The number of hydrogen-bond acceptors (Lipinski definition) is 9. The number of carbonyl (C=O) groups is 4. The van der Waals surface area contributed by atoms with Crippen LogP contribution in [0.2, 0.25) is 0 Å². The lowest BCUT2D eigenvalue weighted by Gasteiger charge is -2.23. The van der Waals surface area contributed by atoms with Crippen molar-refractivity contribution in [1.82, 2.24) is 30.4 Å². The van der Waals surface area contributed by atoms with E-state index in [2.05, 4.69) is 33.1 Å². The number of alkyl carbamates (subject to hydrolysis) is 1. The van der Waals surface area contributed by atoms with Gasteiger partial charge in [0.2, 0.25) is 11.8 Å². The Morgan fingerprint density at radius 3 is 2.31 bits per heavy atom. The number of carbonyl (C=O) groups excluding carboxylic acids is 3. The number of unbranched alkanes of at least 4 members (excludes halogenated alkanes) is 1. The summed E-state index contributed by atoms with van der Waals surface area (Å²) < 4.78 is 6.56. The molecule has 0 aliphatic heterocycles. The predicted octanol–water partition coefficient (Wildman–Crippen LogP) is 0.500. The molecule has 0 bridgehead atoms. The number of ether oxygens (including phenoxy) is 1. The number of aromatic nitrogens is 2. The number of benzene rings is 2. The van der Waals surface area contributed by atoms with Crippen LogP contribution >= 0.6 is 0 Å². The van der Waals surface area contributed by atoms with Crippen molar-refractivity contribution >= 4 is 23.9 Å². The summed E-state index contributed by atoms with van der Waals surface area (Å²) in [6.07, 6.45) is 2.47. The average molecular weight is 678 g/mol. The molecule has 0 spiro atoms. The first kappa shape index (κ1) is 36.6. The van der Waals surface area contributed by atoms with Gasteiger partial charge in [0.05, 0.1) is 6.04 Å².